The standard InChI is InChI=1S/C12H13NO/c1-8-11-6-9-4-2-3-5-10(9)7-12(11)14-13-8/h6-7H,2-5H2,1H3. The van der Waals surface area contributed by atoms with E-state index in [4.69, 9.17) is 4.52 Å². The van der Waals surface area contributed by atoms with Crippen molar-refractivity contribution in [1.82, 2.24) is 5.16 Å². The molecule has 1 aromatic heterocycles. The molecule has 2 aromatic rings. The van der Waals surface area contributed by atoms with Gasteiger partial charge in [-0.05, 0) is 55.9 Å². The van der Waals surface area contributed by atoms with E-state index in [2.05, 4.69) is 17.3 Å². The number of benzene rings is 1. The van der Waals surface area contributed by atoms with Crippen molar-refractivity contribution < 1.29 is 4.52 Å². The van der Waals surface area contributed by atoms with E-state index >= 15 is 0 Å². The van der Waals surface area contributed by atoms with Crippen LogP contribution in [-0.2, 0) is 12.8 Å². The molecule has 0 N–H and O–H groups in total. The molecule has 2 nitrogen and oxygen atoms in total. The third-order valence-corrected chi connectivity index (χ3v) is 3.11. The van der Waals surface area contributed by atoms with Crippen molar-refractivity contribution in [2.45, 2.75) is 32.6 Å². The lowest BCUT2D eigenvalue weighted by Crippen LogP contribution is -2.01. The molecule has 2 heteroatoms. The predicted octanol–water partition coefficient (Wildman–Crippen LogP) is 3.02. The predicted molar refractivity (Wildman–Crippen MR) is 55.4 cm³/mol. The van der Waals surface area contributed by atoms with Gasteiger partial charge in [-0.25, -0.2) is 0 Å². The van der Waals surface area contributed by atoms with Gasteiger partial charge in [0.1, 0.15) is 0 Å². The first-order valence-corrected chi connectivity index (χ1v) is 5.22. The number of hydrogen-bond acceptors (Lipinski definition) is 2. The van der Waals surface area contributed by atoms with Crippen molar-refractivity contribution >= 4 is 11.0 Å². The molecule has 1 aromatic carbocycles. The van der Waals surface area contributed by atoms with Crippen LogP contribution in [0.5, 0.6) is 0 Å². The number of aromatic nitrogens is 1. The molecule has 14 heavy (non-hydrogen) atoms. The highest BCUT2D eigenvalue weighted by atomic mass is 16.5. The van der Waals surface area contributed by atoms with Gasteiger partial charge in [0.25, 0.3) is 0 Å². The quantitative estimate of drug-likeness (QED) is 0.633. The number of aryl methyl sites for hydroxylation is 3. The minimum Gasteiger partial charge on any atom is -0.356 e. The molecule has 0 bridgehead atoms. The van der Waals surface area contributed by atoms with Crippen molar-refractivity contribution in [3.63, 3.8) is 0 Å². The van der Waals surface area contributed by atoms with E-state index in [1.165, 1.54) is 42.2 Å². The van der Waals surface area contributed by atoms with Gasteiger partial charge in [0, 0.05) is 5.39 Å². The lowest BCUT2D eigenvalue weighted by molar-refractivity contribution is 0.450. The van der Waals surface area contributed by atoms with Crippen molar-refractivity contribution in [1.29, 1.82) is 0 Å². The maximum atomic E-state index is 5.26. The van der Waals surface area contributed by atoms with Crippen LogP contribution >= 0.6 is 0 Å². The Morgan fingerprint density at radius 3 is 2.64 bits per heavy atom. The summed E-state index contributed by atoms with van der Waals surface area (Å²) in [5, 5.41) is 5.18. The van der Waals surface area contributed by atoms with Gasteiger partial charge in [0.2, 0.25) is 0 Å². The van der Waals surface area contributed by atoms with E-state index < -0.39 is 0 Å². The van der Waals surface area contributed by atoms with E-state index in [0.717, 1.165) is 11.3 Å². The van der Waals surface area contributed by atoms with Crippen LogP contribution in [0.25, 0.3) is 11.0 Å². The first-order chi connectivity index (χ1) is 6.84. The van der Waals surface area contributed by atoms with Gasteiger partial charge < -0.3 is 4.52 Å². The molecule has 0 amide bonds. The fourth-order valence-corrected chi connectivity index (χ4v) is 2.29. The maximum absolute atomic E-state index is 5.26. The number of nitrogens with zero attached hydrogens (tertiary/aromatic N) is 1. The molecular weight excluding hydrogens is 174 g/mol. The lowest BCUT2D eigenvalue weighted by Gasteiger charge is -2.14. The van der Waals surface area contributed by atoms with Gasteiger partial charge in [0.05, 0.1) is 5.69 Å². The minimum atomic E-state index is 0.947. The average Bonchev–Trinajstić information content (AvgIpc) is 2.57. The number of rotatable bonds is 0. The van der Waals surface area contributed by atoms with Crippen molar-refractivity contribution in [3.8, 4) is 0 Å². The SMILES string of the molecule is Cc1noc2cc3c(cc12)CCCC3. The highest BCUT2D eigenvalue weighted by Gasteiger charge is 2.13. The summed E-state index contributed by atoms with van der Waals surface area (Å²) in [6.45, 7) is 2.00. The van der Waals surface area contributed by atoms with E-state index in [9.17, 15) is 0 Å². The molecule has 1 aliphatic rings. The Morgan fingerprint density at radius 1 is 1.14 bits per heavy atom. The van der Waals surface area contributed by atoms with Crippen molar-refractivity contribution in [2.75, 3.05) is 0 Å². The van der Waals surface area contributed by atoms with Gasteiger partial charge in [0.15, 0.2) is 5.58 Å². The molecule has 1 aliphatic carbocycles. The molecule has 0 aliphatic heterocycles. The second kappa shape index (κ2) is 2.84. The summed E-state index contributed by atoms with van der Waals surface area (Å²) in [7, 11) is 0. The zero-order valence-electron chi connectivity index (χ0n) is 8.34. The summed E-state index contributed by atoms with van der Waals surface area (Å²) in [6, 6.07) is 4.43. The highest BCUT2D eigenvalue weighted by molar-refractivity contribution is 5.81. The van der Waals surface area contributed by atoms with E-state index in [0.29, 0.717) is 0 Å². The van der Waals surface area contributed by atoms with Crippen LogP contribution in [0.2, 0.25) is 0 Å². The second-order valence-electron chi connectivity index (χ2n) is 4.09. The topological polar surface area (TPSA) is 26.0 Å². The van der Waals surface area contributed by atoms with Gasteiger partial charge >= 0.3 is 0 Å². The van der Waals surface area contributed by atoms with Crippen LogP contribution in [-0.4, -0.2) is 5.16 Å². The number of fused-ring (bicyclic) bond motifs is 2. The molecule has 3 rings (SSSR count). The molecule has 0 saturated carbocycles. The van der Waals surface area contributed by atoms with Gasteiger partial charge in [-0.1, -0.05) is 5.16 Å². The normalized spacial score (nSPS) is 15.8. The molecule has 0 atom stereocenters. The van der Waals surface area contributed by atoms with E-state index in [-0.39, 0.29) is 0 Å². The largest absolute Gasteiger partial charge is 0.356 e. The van der Waals surface area contributed by atoms with Crippen LogP contribution in [0.4, 0.5) is 0 Å². The van der Waals surface area contributed by atoms with E-state index in [1.807, 2.05) is 6.92 Å². The summed E-state index contributed by atoms with van der Waals surface area (Å²) >= 11 is 0. The molecule has 0 fully saturated rings. The molecule has 1 heterocycles. The smallest absolute Gasteiger partial charge is 0.167 e. The van der Waals surface area contributed by atoms with Crippen LogP contribution in [0, 0.1) is 6.92 Å². The van der Waals surface area contributed by atoms with Crippen LogP contribution in [0.1, 0.15) is 29.7 Å². The summed E-state index contributed by atoms with van der Waals surface area (Å²) in [5.41, 5.74) is 4.91. The van der Waals surface area contributed by atoms with Gasteiger partial charge in [-0.3, -0.25) is 0 Å². The summed E-state index contributed by atoms with van der Waals surface area (Å²) in [4.78, 5) is 0. The molecule has 0 radical (unpaired) electrons. The minimum absolute atomic E-state index is 0.947. The third-order valence-electron chi connectivity index (χ3n) is 3.11. The molecule has 0 spiro atoms. The Kier molecular flexibility index (Phi) is 1.63. The zero-order valence-corrected chi connectivity index (χ0v) is 8.34. The molecule has 0 unspecified atom stereocenters. The summed E-state index contributed by atoms with van der Waals surface area (Å²) in [5.74, 6) is 0. The monoisotopic (exact) mass is 187 g/mol. The highest BCUT2D eigenvalue weighted by Crippen LogP contribution is 2.27. The zero-order chi connectivity index (χ0) is 9.54. The Balaban J connectivity index is 2.29. The second-order valence-corrected chi connectivity index (χ2v) is 4.09. The lowest BCUT2D eigenvalue weighted by atomic mass is 9.90. The molecular formula is C12H13NO. The fraction of sp³-hybridized carbons (Fsp3) is 0.417. The Labute approximate surface area is 82.9 Å². The number of hydrogen-bond donors (Lipinski definition) is 0. The van der Waals surface area contributed by atoms with Crippen molar-refractivity contribution in [2.24, 2.45) is 0 Å². The molecule has 0 saturated heterocycles. The van der Waals surface area contributed by atoms with Gasteiger partial charge in [-0.2, -0.15) is 0 Å². The summed E-state index contributed by atoms with van der Waals surface area (Å²) in [6.07, 6.45) is 5.05. The first-order valence-electron chi connectivity index (χ1n) is 5.22. The van der Waals surface area contributed by atoms with Crippen LogP contribution < -0.4 is 0 Å². The van der Waals surface area contributed by atoms with E-state index in [1.54, 1.807) is 0 Å². The van der Waals surface area contributed by atoms with Gasteiger partial charge in [-0.15, -0.1) is 0 Å². The summed E-state index contributed by atoms with van der Waals surface area (Å²) < 4.78 is 5.26. The average molecular weight is 187 g/mol. The Hall–Kier alpha value is -1.31. The van der Waals surface area contributed by atoms with Crippen LogP contribution in [0.15, 0.2) is 16.7 Å². The fourth-order valence-electron chi connectivity index (χ4n) is 2.29. The van der Waals surface area contributed by atoms with Crippen molar-refractivity contribution in [3.05, 3.63) is 29.0 Å². The Morgan fingerprint density at radius 2 is 1.86 bits per heavy atom. The van der Waals surface area contributed by atoms with Crippen LogP contribution in [0.3, 0.4) is 0 Å². The Bertz CT molecular complexity index is 484. The molecule has 72 valence electrons. The third kappa shape index (κ3) is 1.07. The first kappa shape index (κ1) is 8.04. The maximum Gasteiger partial charge on any atom is 0.167 e.